The second-order valence-corrected chi connectivity index (χ2v) is 8.46. The van der Waals surface area contributed by atoms with E-state index in [4.69, 9.17) is 4.74 Å². The van der Waals surface area contributed by atoms with E-state index in [2.05, 4.69) is 5.32 Å². The fraction of sp³-hybridized carbons (Fsp3) is 0.571. The first kappa shape index (κ1) is 19.6. The molecule has 0 atom stereocenters. The van der Waals surface area contributed by atoms with E-state index in [1.807, 2.05) is 13.8 Å². The lowest BCUT2D eigenvalue weighted by molar-refractivity contribution is -0.137. The number of hydrogen-bond donors (Lipinski definition) is 1. The molecule has 0 aliphatic carbocycles. The lowest BCUT2D eigenvalue weighted by Crippen LogP contribution is -2.35. The van der Waals surface area contributed by atoms with Crippen LogP contribution in [0.25, 0.3) is 0 Å². The van der Waals surface area contributed by atoms with E-state index >= 15 is 0 Å². The van der Waals surface area contributed by atoms with Crippen LogP contribution in [0.3, 0.4) is 0 Å². The van der Waals surface area contributed by atoms with Crippen LogP contribution in [0.4, 0.5) is 0 Å². The first-order valence-corrected chi connectivity index (χ1v) is 9.34. The molecule has 128 valence electrons. The highest BCUT2D eigenvalue weighted by atomic mass is 33.1. The molecule has 7 nitrogen and oxygen atoms in total. The standard InChI is InChI=1S/C14H20N2O5S2/c1-14(2,9-21-10-17)23-22-8-6-15-11(18)5-7-16-12(19)3-4-13(16)20/h3-4,10H,5-9H2,1-2H3,(H,15,18). The molecule has 1 aliphatic rings. The Balaban J connectivity index is 2.09. The maximum absolute atomic E-state index is 11.7. The first-order valence-electron chi connectivity index (χ1n) is 7.02. The van der Waals surface area contributed by atoms with Gasteiger partial charge in [0.2, 0.25) is 5.91 Å². The van der Waals surface area contributed by atoms with Crippen molar-refractivity contribution in [3.05, 3.63) is 12.2 Å². The fourth-order valence-corrected chi connectivity index (χ4v) is 3.95. The molecule has 0 unspecified atom stereocenters. The lowest BCUT2D eigenvalue weighted by atomic mass is 10.2. The van der Waals surface area contributed by atoms with Gasteiger partial charge in [-0.3, -0.25) is 24.1 Å². The summed E-state index contributed by atoms with van der Waals surface area (Å²) in [5, 5.41) is 2.74. The summed E-state index contributed by atoms with van der Waals surface area (Å²) in [5.74, 6) is -0.264. The summed E-state index contributed by atoms with van der Waals surface area (Å²) in [6.07, 6.45) is 2.49. The number of carbonyl (C=O) groups is 4. The SMILES string of the molecule is CC(C)(COC=O)SSCCNC(=O)CCN1C(=O)C=CC1=O. The number of nitrogens with one attached hydrogen (secondary N) is 1. The zero-order valence-corrected chi connectivity index (χ0v) is 14.7. The zero-order chi connectivity index (χ0) is 17.3. The number of ether oxygens (including phenoxy) is 1. The zero-order valence-electron chi connectivity index (χ0n) is 13.1. The van der Waals surface area contributed by atoms with Crippen molar-refractivity contribution in [1.29, 1.82) is 0 Å². The van der Waals surface area contributed by atoms with Crippen LogP contribution >= 0.6 is 21.6 Å². The summed E-state index contributed by atoms with van der Waals surface area (Å²) in [7, 11) is 3.15. The van der Waals surface area contributed by atoms with Gasteiger partial charge in [-0.05, 0) is 13.8 Å². The summed E-state index contributed by atoms with van der Waals surface area (Å²) in [6, 6.07) is 0. The number of hydrogen-bond acceptors (Lipinski definition) is 7. The minimum absolute atomic E-state index is 0.0917. The molecule has 0 saturated carbocycles. The van der Waals surface area contributed by atoms with Gasteiger partial charge in [-0.1, -0.05) is 21.6 Å². The van der Waals surface area contributed by atoms with Crippen LogP contribution in [-0.2, 0) is 23.9 Å². The molecule has 0 aromatic rings. The van der Waals surface area contributed by atoms with Gasteiger partial charge in [-0.15, -0.1) is 0 Å². The van der Waals surface area contributed by atoms with E-state index in [1.54, 1.807) is 21.6 Å². The molecule has 23 heavy (non-hydrogen) atoms. The number of imide groups is 1. The summed E-state index contributed by atoms with van der Waals surface area (Å²) in [5.41, 5.74) is 0. The smallest absolute Gasteiger partial charge is 0.293 e. The number of rotatable bonds is 11. The Morgan fingerprint density at radius 2 is 2.00 bits per heavy atom. The van der Waals surface area contributed by atoms with Gasteiger partial charge >= 0.3 is 0 Å². The number of amides is 3. The molecule has 1 heterocycles. The van der Waals surface area contributed by atoms with Crippen molar-refractivity contribution in [3.63, 3.8) is 0 Å². The maximum atomic E-state index is 11.7. The molecular formula is C14H20N2O5S2. The van der Waals surface area contributed by atoms with E-state index in [9.17, 15) is 19.2 Å². The Kier molecular flexibility index (Phi) is 8.18. The fourth-order valence-electron chi connectivity index (χ4n) is 1.65. The summed E-state index contributed by atoms with van der Waals surface area (Å²) < 4.78 is 4.55. The Labute approximate surface area is 143 Å². The molecule has 0 spiro atoms. The van der Waals surface area contributed by atoms with Crippen molar-refractivity contribution in [2.24, 2.45) is 0 Å². The van der Waals surface area contributed by atoms with E-state index in [0.717, 1.165) is 4.90 Å². The summed E-state index contributed by atoms with van der Waals surface area (Å²) in [4.78, 5) is 45.5. The topological polar surface area (TPSA) is 92.8 Å². The molecular weight excluding hydrogens is 340 g/mol. The van der Waals surface area contributed by atoms with Crippen LogP contribution in [0.5, 0.6) is 0 Å². The van der Waals surface area contributed by atoms with Gasteiger partial charge in [0, 0.05) is 37.4 Å². The van der Waals surface area contributed by atoms with Crippen molar-refractivity contribution >= 4 is 45.8 Å². The third-order valence-corrected chi connectivity index (χ3v) is 6.02. The van der Waals surface area contributed by atoms with Crippen LogP contribution < -0.4 is 5.32 Å². The molecule has 1 aliphatic heterocycles. The monoisotopic (exact) mass is 360 g/mol. The number of nitrogens with zero attached hydrogens (tertiary/aromatic N) is 1. The van der Waals surface area contributed by atoms with Gasteiger partial charge in [-0.2, -0.15) is 0 Å². The highest BCUT2D eigenvalue weighted by Crippen LogP contribution is 2.35. The van der Waals surface area contributed by atoms with E-state index in [0.29, 0.717) is 25.4 Å². The van der Waals surface area contributed by atoms with E-state index < -0.39 is 0 Å². The molecule has 1 N–H and O–H groups in total. The summed E-state index contributed by atoms with van der Waals surface area (Å²) >= 11 is 0. The predicted octanol–water partition coefficient (Wildman–Crippen LogP) is 0.751. The molecule has 3 amide bonds. The van der Waals surface area contributed by atoms with Crippen LogP contribution in [0.2, 0.25) is 0 Å². The third kappa shape index (κ3) is 7.56. The van der Waals surface area contributed by atoms with Crippen LogP contribution in [0.15, 0.2) is 12.2 Å². The van der Waals surface area contributed by atoms with Crippen molar-refractivity contribution in [1.82, 2.24) is 10.2 Å². The van der Waals surface area contributed by atoms with Gasteiger partial charge in [0.15, 0.2) is 0 Å². The number of carbonyl (C=O) groups excluding carboxylic acids is 4. The predicted molar refractivity (Wildman–Crippen MR) is 89.6 cm³/mol. The van der Waals surface area contributed by atoms with Crippen molar-refractivity contribution in [3.8, 4) is 0 Å². The highest BCUT2D eigenvalue weighted by molar-refractivity contribution is 8.77. The Hall–Kier alpha value is -1.48. The average Bonchev–Trinajstić information content (AvgIpc) is 2.81. The highest BCUT2D eigenvalue weighted by Gasteiger charge is 2.23. The molecule has 0 bridgehead atoms. The van der Waals surface area contributed by atoms with E-state index in [-0.39, 0.29) is 35.4 Å². The first-order chi connectivity index (χ1) is 10.9. The second-order valence-electron chi connectivity index (χ2n) is 5.33. The molecule has 0 aromatic heterocycles. The lowest BCUT2D eigenvalue weighted by Gasteiger charge is -2.21. The van der Waals surface area contributed by atoms with Gasteiger partial charge in [0.1, 0.15) is 6.61 Å². The molecule has 0 radical (unpaired) electrons. The second kappa shape index (κ2) is 9.61. The summed E-state index contributed by atoms with van der Waals surface area (Å²) in [6.45, 7) is 5.26. The van der Waals surface area contributed by atoms with Crippen LogP contribution in [-0.4, -0.2) is 59.3 Å². The van der Waals surface area contributed by atoms with Gasteiger partial charge in [-0.25, -0.2) is 0 Å². The molecule has 0 saturated heterocycles. The van der Waals surface area contributed by atoms with Gasteiger partial charge in [0.05, 0.1) is 4.75 Å². The Morgan fingerprint density at radius 3 is 2.61 bits per heavy atom. The van der Waals surface area contributed by atoms with E-state index in [1.165, 1.54) is 12.2 Å². The maximum Gasteiger partial charge on any atom is 0.293 e. The quantitative estimate of drug-likeness (QED) is 0.251. The third-order valence-electron chi connectivity index (χ3n) is 2.75. The van der Waals surface area contributed by atoms with Crippen molar-refractivity contribution in [2.75, 3.05) is 25.4 Å². The minimum atomic E-state index is -0.380. The van der Waals surface area contributed by atoms with Gasteiger partial charge < -0.3 is 10.1 Å². The molecule has 0 aromatic carbocycles. The van der Waals surface area contributed by atoms with Crippen molar-refractivity contribution < 1.29 is 23.9 Å². The largest absolute Gasteiger partial charge is 0.466 e. The Bertz CT molecular complexity index is 476. The average molecular weight is 360 g/mol. The van der Waals surface area contributed by atoms with Crippen LogP contribution in [0, 0.1) is 0 Å². The normalized spacial score (nSPS) is 14.3. The van der Waals surface area contributed by atoms with Gasteiger partial charge in [0.25, 0.3) is 18.3 Å². The Morgan fingerprint density at radius 1 is 1.35 bits per heavy atom. The van der Waals surface area contributed by atoms with Crippen molar-refractivity contribution in [2.45, 2.75) is 25.0 Å². The molecule has 0 fully saturated rings. The van der Waals surface area contributed by atoms with Crippen LogP contribution in [0.1, 0.15) is 20.3 Å². The minimum Gasteiger partial charge on any atom is -0.466 e. The molecule has 9 heteroatoms. The molecule has 1 rings (SSSR count).